The monoisotopic (exact) mass is 461 g/mol. The molecule has 1 aliphatic rings. The largest absolute Gasteiger partial charge is 0.497 e. The van der Waals surface area contributed by atoms with Crippen LogP contribution in [0.25, 0.3) is 0 Å². The van der Waals surface area contributed by atoms with Gasteiger partial charge in [-0.15, -0.1) is 21.5 Å². The normalized spacial score (nSPS) is 15.1. The molecule has 1 N–H and O–H groups in total. The van der Waals surface area contributed by atoms with Crippen LogP contribution in [0.15, 0.2) is 40.1 Å². The third-order valence-electron chi connectivity index (χ3n) is 5.29. The van der Waals surface area contributed by atoms with Crippen molar-refractivity contribution < 1.29 is 14.3 Å². The summed E-state index contributed by atoms with van der Waals surface area (Å²) in [6.07, 6.45) is 3.92. The Hall–Kier alpha value is -2.10. The molecule has 3 aromatic rings. The maximum atomic E-state index is 13.2. The average molecular weight is 462 g/mol. The number of anilines is 1. The highest BCUT2D eigenvalue weighted by Gasteiger charge is 2.43. The highest BCUT2D eigenvalue weighted by Crippen LogP contribution is 2.44. The fourth-order valence-electron chi connectivity index (χ4n) is 3.74. The van der Waals surface area contributed by atoms with Crippen molar-refractivity contribution in [3.8, 4) is 11.5 Å². The maximum Gasteiger partial charge on any atom is 0.237 e. The first kappa shape index (κ1) is 21.1. The summed E-state index contributed by atoms with van der Waals surface area (Å²) >= 11 is 4.64. The number of hydrogen-bond acceptors (Lipinski definition) is 8. The first-order chi connectivity index (χ1) is 14.6. The number of carbonyl (C=O) groups excluding carboxylic acids is 1. The van der Waals surface area contributed by atoms with E-state index in [0.29, 0.717) is 10.9 Å². The maximum absolute atomic E-state index is 13.2. The van der Waals surface area contributed by atoms with Crippen LogP contribution in [0.3, 0.4) is 0 Å². The molecule has 2 aromatic heterocycles. The Morgan fingerprint density at radius 2 is 1.90 bits per heavy atom. The van der Waals surface area contributed by atoms with Crippen LogP contribution in [-0.4, -0.2) is 30.3 Å². The molecule has 1 saturated carbocycles. The number of methoxy groups -OCH3 is 2. The SMILES string of the molecule is COc1cc(CSc2nnc(NC(=O)C3(c4cccs4)CCCC3)s2)cc(OC)c1. The zero-order valence-electron chi connectivity index (χ0n) is 16.8. The lowest BCUT2D eigenvalue weighted by molar-refractivity contribution is -0.121. The summed E-state index contributed by atoms with van der Waals surface area (Å²) in [7, 11) is 3.28. The van der Waals surface area contributed by atoms with Crippen LogP contribution in [0.1, 0.15) is 36.1 Å². The van der Waals surface area contributed by atoms with Crippen molar-refractivity contribution in [1.29, 1.82) is 0 Å². The van der Waals surface area contributed by atoms with Crippen molar-refractivity contribution >= 4 is 45.5 Å². The molecule has 1 amide bonds. The van der Waals surface area contributed by atoms with Crippen molar-refractivity contribution in [2.75, 3.05) is 19.5 Å². The Labute approximate surface area is 188 Å². The molecule has 4 rings (SSSR count). The van der Waals surface area contributed by atoms with Gasteiger partial charge in [0.1, 0.15) is 11.5 Å². The molecule has 158 valence electrons. The van der Waals surface area contributed by atoms with Gasteiger partial charge < -0.3 is 9.47 Å². The van der Waals surface area contributed by atoms with Gasteiger partial charge in [0.2, 0.25) is 11.0 Å². The molecule has 0 saturated heterocycles. The van der Waals surface area contributed by atoms with Crippen LogP contribution in [0.2, 0.25) is 0 Å². The molecule has 0 aliphatic heterocycles. The number of ether oxygens (including phenoxy) is 2. The van der Waals surface area contributed by atoms with Gasteiger partial charge in [-0.25, -0.2) is 0 Å². The van der Waals surface area contributed by atoms with E-state index < -0.39 is 5.41 Å². The van der Waals surface area contributed by atoms with Gasteiger partial charge in [-0.2, -0.15) is 0 Å². The topological polar surface area (TPSA) is 73.3 Å². The molecule has 2 heterocycles. The van der Waals surface area contributed by atoms with E-state index in [1.807, 2.05) is 29.6 Å². The second kappa shape index (κ2) is 9.36. The predicted octanol–water partition coefficient (Wildman–Crippen LogP) is 5.36. The van der Waals surface area contributed by atoms with E-state index in [1.165, 1.54) is 11.3 Å². The second-order valence-electron chi connectivity index (χ2n) is 7.10. The summed E-state index contributed by atoms with van der Waals surface area (Å²) in [5.41, 5.74) is 0.643. The Bertz CT molecular complexity index is 976. The Kier molecular flexibility index (Phi) is 6.60. The molecular formula is C21H23N3O3S3. The number of benzene rings is 1. The van der Waals surface area contributed by atoms with Gasteiger partial charge in [-0.1, -0.05) is 42.0 Å². The molecule has 0 atom stereocenters. The summed E-state index contributed by atoms with van der Waals surface area (Å²) in [5, 5.41) is 14.0. The molecule has 0 spiro atoms. The molecule has 1 fully saturated rings. The number of hydrogen-bond donors (Lipinski definition) is 1. The van der Waals surface area contributed by atoms with E-state index in [9.17, 15) is 4.79 Å². The van der Waals surface area contributed by atoms with E-state index in [1.54, 1.807) is 37.3 Å². The van der Waals surface area contributed by atoms with Gasteiger partial charge in [-0.05, 0) is 42.0 Å². The van der Waals surface area contributed by atoms with Crippen molar-refractivity contribution in [2.45, 2.75) is 41.2 Å². The first-order valence-electron chi connectivity index (χ1n) is 9.67. The second-order valence-corrected chi connectivity index (χ2v) is 10.3. The van der Waals surface area contributed by atoms with Gasteiger partial charge in [0.05, 0.1) is 19.6 Å². The van der Waals surface area contributed by atoms with E-state index in [-0.39, 0.29) is 5.91 Å². The summed E-state index contributed by atoms with van der Waals surface area (Å²) < 4.78 is 11.5. The van der Waals surface area contributed by atoms with Gasteiger partial charge in [-0.3, -0.25) is 10.1 Å². The third-order valence-corrected chi connectivity index (χ3v) is 8.40. The van der Waals surface area contributed by atoms with Crippen molar-refractivity contribution in [3.63, 3.8) is 0 Å². The molecular weight excluding hydrogens is 438 g/mol. The van der Waals surface area contributed by atoms with E-state index in [0.717, 1.165) is 52.0 Å². The minimum atomic E-state index is -0.426. The zero-order chi connectivity index (χ0) is 21.0. The number of carbonyl (C=O) groups is 1. The van der Waals surface area contributed by atoms with Crippen molar-refractivity contribution in [2.24, 2.45) is 0 Å². The smallest absolute Gasteiger partial charge is 0.237 e. The lowest BCUT2D eigenvalue weighted by Gasteiger charge is -2.25. The Morgan fingerprint density at radius 1 is 1.17 bits per heavy atom. The predicted molar refractivity (Wildman–Crippen MR) is 122 cm³/mol. The van der Waals surface area contributed by atoms with Crippen LogP contribution in [0, 0.1) is 0 Å². The minimum absolute atomic E-state index is 0.0349. The summed E-state index contributed by atoms with van der Waals surface area (Å²) in [5.74, 6) is 2.25. The lowest BCUT2D eigenvalue weighted by atomic mass is 9.83. The van der Waals surface area contributed by atoms with Gasteiger partial charge in [0.15, 0.2) is 4.34 Å². The molecule has 0 unspecified atom stereocenters. The molecule has 1 aliphatic carbocycles. The number of amides is 1. The van der Waals surface area contributed by atoms with Crippen LogP contribution >= 0.6 is 34.4 Å². The number of nitrogens with one attached hydrogen (secondary N) is 1. The molecule has 0 bridgehead atoms. The first-order valence-corrected chi connectivity index (χ1v) is 12.3. The highest BCUT2D eigenvalue weighted by molar-refractivity contribution is 8.00. The van der Waals surface area contributed by atoms with Gasteiger partial charge in [0.25, 0.3) is 0 Å². The number of thiophene rings is 1. The summed E-state index contributed by atoms with van der Waals surface area (Å²) in [6.45, 7) is 0. The molecule has 1 aromatic carbocycles. The zero-order valence-corrected chi connectivity index (χ0v) is 19.3. The number of thioether (sulfide) groups is 1. The summed E-state index contributed by atoms with van der Waals surface area (Å²) in [6, 6.07) is 9.88. The molecule has 30 heavy (non-hydrogen) atoms. The van der Waals surface area contributed by atoms with Crippen LogP contribution in [0.4, 0.5) is 5.13 Å². The molecule has 0 radical (unpaired) electrons. The number of rotatable bonds is 8. The molecule has 9 heteroatoms. The van der Waals surface area contributed by atoms with Crippen LogP contribution < -0.4 is 14.8 Å². The highest BCUT2D eigenvalue weighted by atomic mass is 32.2. The van der Waals surface area contributed by atoms with Crippen molar-refractivity contribution in [3.05, 3.63) is 46.2 Å². The standard InChI is InChI=1S/C21H23N3O3S3/c1-26-15-10-14(11-16(12-15)27-2)13-29-20-24-23-19(30-20)22-18(25)21(7-3-4-8-21)17-6-5-9-28-17/h5-6,9-12H,3-4,7-8,13H2,1-2H3,(H,22,23,25). The van der Waals surface area contributed by atoms with E-state index >= 15 is 0 Å². The van der Waals surface area contributed by atoms with Crippen LogP contribution in [-0.2, 0) is 16.0 Å². The Morgan fingerprint density at radius 3 is 2.53 bits per heavy atom. The summed E-state index contributed by atoms with van der Waals surface area (Å²) in [4.78, 5) is 14.3. The average Bonchev–Trinajstić information content (AvgIpc) is 3.53. The van der Waals surface area contributed by atoms with E-state index in [2.05, 4.69) is 21.6 Å². The Balaban J connectivity index is 1.41. The number of nitrogens with zero attached hydrogens (tertiary/aromatic N) is 2. The van der Waals surface area contributed by atoms with Crippen LogP contribution in [0.5, 0.6) is 11.5 Å². The third kappa shape index (κ3) is 4.48. The quantitative estimate of drug-likeness (QED) is 0.360. The fourth-order valence-corrected chi connectivity index (χ4v) is 6.41. The fraction of sp³-hybridized carbons (Fsp3) is 0.381. The van der Waals surface area contributed by atoms with Gasteiger partial charge >= 0.3 is 0 Å². The van der Waals surface area contributed by atoms with Gasteiger partial charge in [0, 0.05) is 16.7 Å². The lowest BCUT2D eigenvalue weighted by Crippen LogP contribution is -2.37. The van der Waals surface area contributed by atoms with E-state index in [4.69, 9.17) is 9.47 Å². The number of aromatic nitrogens is 2. The van der Waals surface area contributed by atoms with Crippen molar-refractivity contribution in [1.82, 2.24) is 10.2 Å². The molecule has 6 nitrogen and oxygen atoms in total. The minimum Gasteiger partial charge on any atom is -0.497 e.